The van der Waals surface area contributed by atoms with Gasteiger partial charge in [0.25, 0.3) is 0 Å². The molecule has 0 aliphatic rings. The molecule has 108 valence electrons. The third-order valence-electron chi connectivity index (χ3n) is 3.02. The van der Waals surface area contributed by atoms with Gasteiger partial charge in [-0.2, -0.15) is 8.78 Å². The Bertz CT molecular complexity index is 435. The van der Waals surface area contributed by atoms with E-state index in [0.717, 1.165) is 5.56 Å². The third-order valence-corrected chi connectivity index (χ3v) is 4.27. The summed E-state index contributed by atoms with van der Waals surface area (Å²) in [4.78, 5) is 0. The lowest BCUT2D eigenvalue weighted by molar-refractivity contribution is -0.0498. The Balaban J connectivity index is 2.73. The number of hydrogen-bond donors (Lipinski definition) is 1. The molecule has 0 fully saturated rings. The van der Waals surface area contributed by atoms with Crippen LogP contribution in [0.4, 0.5) is 8.78 Å². The van der Waals surface area contributed by atoms with E-state index in [-0.39, 0.29) is 11.7 Å². The van der Waals surface area contributed by atoms with E-state index in [2.05, 4.69) is 4.74 Å². The zero-order chi connectivity index (χ0) is 14.6. The fourth-order valence-corrected chi connectivity index (χ4v) is 2.33. The average Bonchev–Trinajstić information content (AvgIpc) is 2.28. The summed E-state index contributed by atoms with van der Waals surface area (Å²) in [5, 5.41) is 5.44. The second-order valence-electron chi connectivity index (χ2n) is 5.11. The van der Waals surface area contributed by atoms with Gasteiger partial charge < -0.3 is 4.74 Å². The number of benzene rings is 1. The maximum atomic E-state index is 12.0. The SMILES string of the molecule is CC(CC(C)(C)S(N)=O)c1ccc(OC(F)F)cc1. The van der Waals surface area contributed by atoms with E-state index in [1.54, 1.807) is 12.1 Å². The van der Waals surface area contributed by atoms with Crippen molar-refractivity contribution in [2.45, 2.75) is 44.5 Å². The van der Waals surface area contributed by atoms with Gasteiger partial charge in [0, 0.05) is 0 Å². The molecule has 2 unspecified atom stereocenters. The van der Waals surface area contributed by atoms with Crippen molar-refractivity contribution in [1.82, 2.24) is 0 Å². The van der Waals surface area contributed by atoms with Gasteiger partial charge >= 0.3 is 6.61 Å². The van der Waals surface area contributed by atoms with Gasteiger partial charge in [-0.25, -0.2) is 4.21 Å². The van der Waals surface area contributed by atoms with Crippen LogP contribution < -0.4 is 9.88 Å². The van der Waals surface area contributed by atoms with Gasteiger partial charge in [-0.1, -0.05) is 19.1 Å². The molecule has 3 nitrogen and oxygen atoms in total. The summed E-state index contributed by atoms with van der Waals surface area (Å²) in [5.41, 5.74) is 0.972. The van der Waals surface area contributed by atoms with Crippen LogP contribution in [-0.2, 0) is 11.0 Å². The lowest BCUT2D eigenvalue weighted by atomic mass is 9.91. The number of nitrogens with two attached hydrogens (primary N) is 1. The van der Waals surface area contributed by atoms with Crippen molar-refractivity contribution >= 4 is 11.0 Å². The fourth-order valence-electron chi connectivity index (χ4n) is 1.92. The summed E-state index contributed by atoms with van der Waals surface area (Å²) in [6.45, 7) is 2.85. The molecule has 2 N–H and O–H groups in total. The molecular formula is C13H19F2NO2S. The topological polar surface area (TPSA) is 52.3 Å². The maximum absolute atomic E-state index is 12.0. The van der Waals surface area contributed by atoms with Crippen LogP contribution in [0.5, 0.6) is 5.75 Å². The quantitative estimate of drug-likeness (QED) is 0.875. The van der Waals surface area contributed by atoms with Gasteiger partial charge in [0.1, 0.15) is 5.75 Å². The summed E-state index contributed by atoms with van der Waals surface area (Å²) in [7, 11) is -1.41. The monoisotopic (exact) mass is 291 g/mol. The van der Waals surface area contributed by atoms with Gasteiger partial charge in [0.15, 0.2) is 0 Å². The minimum absolute atomic E-state index is 0.128. The first-order valence-corrected chi connectivity index (χ1v) is 7.14. The van der Waals surface area contributed by atoms with Crippen LogP contribution in [0.3, 0.4) is 0 Å². The standard InChI is InChI=1S/C13H19F2NO2S/c1-9(8-13(2,3)19(16)17)10-4-6-11(7-5-10)18-12(14)15/h4-7,9,12H,8,16H2,1-3H3. The molecule has 6 heteroatoms. The van der Waals surface area contributed by atoms with E-state index >= 15 is 0 Å². The van der Waals surface area contributed by atoms with Crippen LogP contribution in [-0.4, -0.2) is 15.6 Å². The molecule has 0 spiro atoms. The van der Waals surface area contributed by atoms with Gasteiger partial charge in [0.05, 0.1) is 15.7 Å². The highest BCUT2D eigenvalue weighted by atomic mass is 32.2. The molecule has 19 heavy (non-hydrogen) atoms. The van der Waals surface area contributed by atoms with Gasteiger partial charge in [0.2, 0.25) is 0 Å². The lowest BCUT2D eigenvalue weighted by Crippen LogP contribution is -2.33. The lowest BCUT2D eigenvalue weighted by Gasteiger charge is -2.25. The second-order valence-corrected chi connectivity index (χ2v) is 6.81. The Labute approximate surface area is 114 Å². The summed E-state index contributed by atoms with van der Waals surface area (Å²) >= 11 is 0. The Morgan fingerprint density at radius 1 is 1.32 bits per heavy atom. The summed E-state index contributed by atoms with van der Waals surface area (Å²) < 4.78 is 39.2. The summed E-state index contributed by atoms with van der Waals surface area (Å²) in [6.07, 6.45) is 0.644. The molecule has 0 saturated carbocycles. The number of halogens is 2. The molecule has 2 atom stereocenters. The molecule has 0 amide bonds. The van der Waals surface area contributed by atoms with Crippen LogP contribution in [0.25, 0.3) is 0 Å². The van der Waals surface area contributed by atoms with Crippen molar-refractivity contribution in [3.63, 3.8) is 0 Å². The van der Waals surface area contributed by atoms with Crippen molar-refractivity contribution in [3.05, 3.63) is 29.8 Å². The largest absolute Gasteiger partial charge is 0.435 e. The van der Waals surface area contributed by atoms with Crippen molar-refractivity contribution in [2.24, 2.45) is 5.14 Å². The molecule has 1 rings (SSSR count). The minimum Gasteiger partial charge on any atom is -0.435 e. The van der Waals surface area contributed by atoms with Crippen molar-refractivity contribution in [3.8, 4) is 5.75 Å². The van der Waals surface area contributed by atoms with Crippen LogP contribution in [0.1, 0.15) is 38.7 Å². The molecule has 0 radical (unpaired) electrons. The molecule has 0 aromatic heterocycles. The Morgan fingerprint density at radius 2 is 1.84 bits per heavy atom. The summed E-state index contributed by atoms with van der Waals surface area (Å²) in [5.74, 6) is 0.260. The fraction of sp³-hybridized carbons (Fsp3) is 0.538. The van der Waals surface area contributed by atoms with E-state index in [4.69, 9.17) is 5.14 Å². The molecule has 0 heterocycles. The van der Waals surface area contributed by atoms with E-state index in [1.807, 2.05) is 20.8 Å². The Morgan fingerprint density at radius 3 is 2.26 bits per heavy atom. The Kier molecular flexibility index (Phi) is 5.43. The number of rotatable bonds is 6. The second kappa shape index (κ2) is 6.43. The number of alkyl halides is 2. The zero-order valence-corrected chi connectivity index (χ0v) is 12.0. The molecule has 1 aromatic rings. The van der Waals surface area contributed by atoms with E-state index in [0.29, 0.717) is 6.42 Å². The highest BCUT2D eigenvalue weighted by Crippen LogP contribution is 2.29. The molecule has 0 aliphatic heterocycles. The molecular weight excluding hydrogens is 272 g/mol. The van der Waals surface area contributed by atoms with E-state index < -0.39 is 22.3 Å². The van der Waals surface area contributed by atoms with Crippen molar-refractivity contribution in [2.75, 3.05) is 0 Å². The molecule has 1 aromatic carbocycles. The molecule has 0 saturated heterocycles. The predicted molar refractivity (Wildman–Crippen MR) is 72.5 cm³/mol. The summed E-state index contributed by atoms with van der Waals surface area (Å²) in [6, 6.07) is 6.48. The average molecular weight is 291 g/mol. The van der Waals surface area contributed by atoms with Crippen LogP contribution in [0.2, 0.25) is 0 Å². The molecule has 0 aliphatic carbocycles. The Hall–Kier alpha value is -1.01. The highest BCUT2D eigenvalue weighted by Gasteiger charge is 2.26. The highest BCUT2D eigenvalue weighted by molar-refractivity contribution is 7.84. The van der Waals surface area contributed by atoms with Gasteiger partial charge in [-0.05, 0) is 43.9 Å². The minimum atomic E-state index is -2.82. The van der Waals surface area contributed by atoms with Gasteiger partial charge in [-0.3, -0.25) is 5.14 Å². The predicted octanol–water partition coefficient (Wildman–Crippen LogP) is 3.18. The van der Waals surface area contributed by atoms with Crippen LogP contribution in [0, 0.1) is 0 Å². The van der Waals surface area contributed by atoms with Crippen LogP contribution >= 0.6 is 0 Å². The van der Waals surface area contributed by atoms with E-state index in [9.17, 15) is 13.0 Å². The number of ether oxygens (including phenoxy) is 1. The first-order valence-electron chi connectivity index (χ1n) is 5.93. The third kappa shape index (κ3) is 4.87. The first kappa shape index (κ1) is 16.0. The van der Waals surface area contributed by atoms with Crippen molar-refractivity contribution in [1.29, 1.82) is 0 Å². The van der Waals surface area contributed by atoms with Gasteiger partial charge in [-0.15, -0.1) is 0 Å². The molecule has 0 bridgehead atoms. The smallest absolute Gasteiger partial charge is 0.387 e. The van der Waals surface area contributed by atoms with Crippen molar-refractivity contribution < 1.29 is 17.7 Å². The normalized spacial score (nSPS) is 15.3. The number of hydrogen-bond acceptors (Lipinski definition) is 2. The van der Waals surface area contributed by atoms with E-state index in [1.165, 1.54) is 12.1 Å². The zero-order valence-electron chi connectivity index (χ0n) is 11.2. The maximum Gasteiger partial charge on any atom is 0.387 e. The van der Waals surface area contributed by atoms with Crippen LogP contribution in [0.15, 0.2) is 24.3 Å². The first-order chi connectivity index (χ1) is 8.72.